The number of hydrogen-bond donors (Lipinski definition) is 2. The molecule has 8 nitrogen and oxygen atoms in total. The molecule has 31 heavy (non-hydrogen) atoms. The minimum Gasteiger partial charge on any atom is -0.347 e. The van der Waals surface area contributed by atoms with E-state index >= 15 is 0 Å². The topological polar surface area (TPSA) is 91.0 Å². The van der Waals surface area contributed by atoms with Crippen molar-refractivity contribution >= 4 is 17.7 Å². The average molecular weight is 433 g/mol. The smallest absolute Gasteiger partial charge is 0.246 e. The number of hydrazine groups is 1. The zero-order valence-corrected chi connectivity index (χ0v) is 18.9. The lowest BCUT2D eigenvalue weighted by Gasteiger charge is -2.38. The van der Waals surface area contributed by atoms with Crippen LogP contribution in [0, 0.1) is 5.92 Å². The number of carbonyl (C=O) groups is 3. The van der Waals surface area contributed by atoms with Gasteiger partial charge < -0.3 is 4.90 Å². The van der Waals surface area contributed by atoms with Gasteiger partial charge in [-0.05, 0) is 24.8 Å². The number of likely N-dealkylation sites (N-methyl/N-ethyl adjacent to an activating group) is 1. The number of carbonyl (C=O) groups excluding carboxylic acids is 3. The van der Waals surface area contributed by atoms with Crippen LogP contribution in [0.15, 0.2) is 30.3 Å². The van der Waals surface area contributed by atoms with E-state index in [2.05, 4.69) is 17.8 Å². The number of nitrogens with zero attached hydrogens (tertiary/aromatic N) is 2. The van der Waals surface area contributed by atoms with Gasteiger partial charge in [0, 0.05) is 33.0 Å². The van der Waals surface area contributed by atoms with Crippen LogP contribution in [0.3, 0.4) is 0 Å². The van der Waals surface area contributed by atoms with Crippen molar-refractivity contribution < 1.29 is 19.2 Å². The van der Waals surface area contributed by atoms with Crippen LogP contribution in [0.25, 0.3) is 0 Å². The molecule has 8 heteroatoms. The second kappa shape index (κ2) is 13.1. The highest BCUT2D eigenvalue weighted by molar-refractivity contribution is 5.90. The molecule has 0 spiro atoms. The summed E-state index contributed by atoms with van der Waals surface area (Å²) in [6, 6.07) is 9.00. The Morgan fingerprint density at radius 2 is 1.97 bits per heavy atom. The number of hydrogen-bond acceptors (Lipinski definition) is 5. The van der Waals surface area contributed by atoms with Crippen molar-refractivity contribution in [1.29, 1.82) is 0 Å². The fourth-order valence-electron chi connectivity index (χ4n) is 3.69. The van der Waals surface area contributed by atoms with Crippen molar-refractivity contribution in [3.8, 4) is 0 Å². The molecule has 0 unspecified atom stereocenters. The van der Waals surface area contributed by atoms with Crippen LogP contribution < -0.4 is 10.9 Å². The average Bonchev–Trinajstić information content (AvgIpc) is 2.78. The van der Waals surface area contributed by atoms with E-state index in [0.29, 0.717) is 19.4 Å². The lowest BCUT2D eigenvalue weighted by molar-refractivity contribution is -0.155. The maximum Gasteiger partial charge on any atom is 0.246 e. The molecule has 1 fully saturated rings. The Balaban J connectivity index is 1.99. The summed E-state index contributed by atoms with van der Waals surface area (Å²) in [5, 5.41) is 1.46. The quantitative estimate of drug-likeness (QED) is 0.414. The van der Waals surface area contributed by atoms with Gasteiger partial charge in [0.15, 0.2) is 0 Å². The maximum absolute atomic E-state index is 13.3. The zero-order valence-electron chi connectivity index (χ0n) is 18.9. The van der Waals surface area contributed by atoms with Crippen LogP contribution in [0.5, 0.6) is 0 Å². The molecular weight excluding hydrogens is 396 g/mol. The van der Waals surface area contributed by atoms with Crippen molar-refractivity contribution in [3.05, 3.63) is 35.9 Å². The van der Waals surface area contributed by atoms with Crippen molar-refractivity contribution in [2.75, 3.05) is 20.6 Å². The third-order valence-corrected chi connectivity index (χ3v) is 5.42. The van der Waals surface area contributed by atoms with Crippen LogP contribution in [-0.4, -0.2) is 54.3 Å². The molecule has 172 valence electrons. The second-order valence-electron chi connectivity index (χ2n) is 8.20. The maximum atomic E-state index is 13.3. The molecule has 0 aliphatic carbocycles. The molecule has 0 saturated carbocycles. The Hall–Kier alpha value is -2.45. The van der Waals surface area contributed by atoms with Gasteiger partial charge in [0.25, 0.3) is 0 Å². The molecule has 1 aromatic rings. The fraction of sp³-hybridized carbons (Fsp3) is 0.609. The van der Waals surface area contributed by atoms with Crippen LogP contribution >= 0.6 is 0 Å². The number of unbranched alkanes of at least 4 members (excludes halogenated alkanes) is 2. The standard InChI is InChI=1S/C23H36N4O4/c1-4-5-7-13-19(16-21(28)25-31-17-18-11-8-6-9-12-18)22(29)27-20(14-10-15-24-27)23(30)26(2)3/h6,8-9,11-12,19-20,24H,4-5,7,10,13-17H2,1-3H3,(H,25,28)/t19-,20+/m1/s1. The molecular formula is C23H36N4O4. The monoisotopic (exact) mass is 432 g/mol. The Morgan fingerprint density at radius 3 is 2.65 bits per heavy atom. The number of hydroxylamine groups is 1. The third kappa shape index (κ3) is 7.95. The number of benzene rings is 1. The Labute approximate surface area is 185 Å². The summed E-state index contributed by atoms with van der Waals surface area (Å²) in [7, 11) is 3.38. The summed E-state index contributed by atoms with van der Waals surface area (Å²) >= 11 is 0. The first-order valence-electron chi connectivity index (χ1n) is 11.2. The van der Waals surface area contributed by atoms with Gasteiger partial charge >= 0.3 is 0 Å². The Kier molecular flexibility index (Phi) is 10.5. The van der Waals surface area contributed by atoms with Gasteiger partial charge in [-0.15, -0.1) is 0 Å². The first kappa shape index (κ1) is 24.8. The molecule has 1 aliphatic heterocycles. The van der Waals surface area contributed by atoms with E-state index in [1.807, 2.05) is 30.3 Å². The molecule has 2 rings (SSSR count). The van der Waals surface area contributed by atoms with E-state index in [-0.39, 0.29) is 30.7 Å². The largest absolute Gasteiger partial charge is 0.347 e. The summed E-state index contributed by atoms with van der Waals surface area (Å²) < 4.78 is 0. The third-order valence-electron chi connectivity index (χ3n) is 5.42. The van der Waals surface area contributed by atoms with Gasteiger partial charge in [0.2, 0.25) is 17.7 Å². The molecule has 0 radical (unpaired) electrons. The Morgan fingerprint density at radius 1 is 1.23 bits per heavy atom. The molecule has 1 aromatic carbocycles. The van der Waals surface area contributed by atoms with E-state index in [9.17, 15) is 14.4 Å². The lowest BCUT2D eigenvalue weighted by atomic mass is 9.94. The van der Waals surface area contributed by atoms with E-state index in [1.165, 1.54) is 9.91 Å². The number of nitrogens with one attached hydrogen (secondary N) is 2. The van der Waals surface area contributed by atoms with Crippen LogP contribution in [-0.2, 0) is 25.8 Å². The van der Waals surface area contributed by atoms with E-state index in [4.69, 9.17) is 4.84 Å². The Bertz CT molecular complexity index is 711. The first-order valence-corrected chi connectivity index (χ1v) is 11.2. The summed E-state index contributed by atoms with van der Waals surface area (Å²) in [5.41, 5.74) is 6.49. The highest BCUT2D eigenvalue weighted by atomic mass is 16.6. The fourth-order valence-corrected chi connectivity index (χ4v) is 3.69. The van der Waals surface area contributed by atoms with Gasteiger partial charge in [0.1, 0.15) is 6.04 Å². The van der Waals surface area contributed by atoms with E-state index < -0.39 is 12.0 Å². The highest BCUT2D eigenvalue weighted by Gasteiger charge is 2.36. The lowest BCUT2D eigenvalue weighted by Crippen LogP contribution is -2.60. The summed E-state index contributed by atoms with van der Waals surface area (Å²) in [4.78, 5) is 45.2. The summed E-state index contributed by atoms with van der Waals surface area (Å²) in [6.07, 6.45) is 4.93. The predicted octanol–water partition coefficient (Wildman–Crippen LogP) is 2.40. The van der Waals surface area contributed by atoms with Gasteiger partial charge in [-0.1, -0.05) is 56.5 Å². The highest BCUT2D eigenvalue weighted by Crippen LogP contribution is 2.21. The van der Waals surface area contributed by atoms with Crippen LogP contribution in [0.4, 0.5) is 0 Å². The van der Waals surface area contributed by atoms with Crippen molar-refractivity contribution in [2.24, 2.45) is 5.92 Å². The van der Waals surface area contributed by atoms with Crippen LogP contribution in [0.1, 0.15) is 57.4 Å². The van der Waals surface area contributed by atoms with Crippen LogP contribution in [0.2, 0.25) is 0 Å². The first-order chi connectivity index (χ1) is 14.9. The van der Waals surface area contributed by atoms with Gasteiger partial charge in [-0.25, -0.2) is 10.9 Å². The van der Waals surface area contributed by atoms with Gasteiger partial charge in [-0.2, -0.15) is 0 Å². The normalized spacial score (nSPS) is 17.1. The van der Waals surface area contributed by atoms with Crippen molar-refractivity contribution in [3.63, 3.8) is 0 Å². The number of amides is 3. The molecule has 0 aromatic heterocycles. The molecule has 3 amide bonds. The molecule has 1 saturated heterocycles. The minimum absolute atomic E-state index is 0.0262. The SMILES string of the molecule is CCCCC[C@H](CC(=O)NOCc1ccccc1)C(=O)N1NCCC[C@H]1C(=O)N(C)C. The molecule has 1 aliphatic rings. The summed E-state index contributed by atoms with van der Waals surface area (Å²) in [5.74, 6) is -1.15. The van der Waals surface area contributed by atoms with E-state index in [0.717, 1.165) is 31.2 Å². The minimum atomic E-state index is -0.540. The predicted molar refractivity (Wildman–Crippen MR) is 118 cm³/mol. The van der Waals surface area contributed by atoms with Crippen molar-refractivity contribution in [1.82, 2.24) is 20.8 Å². The zero-order chi connectivity index (χ0) is 22.6. The summed E-state index contributed by atoms with van der Waals surface area (Å²) in [6.45, 7) is 2.99. The molecule has 2 N–H and O–H groups in total. The second-order valence-corrected chi connectivity index (χ2v) is 8.20. The number of rotatable bonds is 11. The molecule has 2 atom stereocenters. The van der Waals surface area contributed by atoms with Crippen molar-refractivity contribution in [2.45, 2.75) is 64.5 Å². The van der Waals surface area contributed by atoms with Gasteiger partial charge in [-0.3, -0.25) is 24.2 Å². The van der Waals surface area contributed by atoms with Gasteiger partial charge in [0.05, 0.1) is 6.61 Å². The molecule has 1 heterocycles. The molecule has 0 bridgehead atoms. The van der Waals surface area contributed by atoms with E-state index in [1.54, 1.807) is 14.1 Å².